The van der Waals surface area contributed by atoms with E-state index in [2.05, 4.69) is 10.6 Å². The molecule has 0 aromatic heterocycles. The standard InChI is InChI=1S/C20H27N3O2.ClH/c24-18(17-14-20(17)7-9-21-10-8-20)22-16-6-4-5-15(13-16)19(25)23-11-2-1-3-12-23;/h4-6,13,17,21H,1-3,7-12,14H2,(H,22,24);1H. The van der Waals surface area contributed by atoms with Crippen LogP contribution in [0.1, 0.15) is 48.9 Å². The third kappa shape index (κ3) is 3.89. The van der Waals surface area contributed by atoms with Gasteiger partial charge in [-0.2, -0.15) is 0 Å². The molecular weight excluding hydrogens is 350 g/mol. The number of carbonyl (C=O) groups is 2. The number of carbonyl (C=O) groups excluding carboxylic acids is 2. The second kappa shape index (κ2) is 7.97. The van der Waals surface area contributed by atoms with Crippen LogP contribution in [0.25, 0.3) is 0 Å². The molecule has 6 heteroatoms. The largest absolute Gasteiger partial charge is 0.339 e. The zero-order valence-corrected chi connectivity index (χ0v) is 15.9. The van der Waals surface area contributed by atoms with Gasteiger partial charge in [-0.05, 0) is 75.2 Å². The molecule has 3 fully saturated rings. The van der Waals surface area contributed by atoms with Crippen molar-refractivity contribution in [3.8, 4) is 0 Å². The van der Waals surface area contributed by atoms with Crippen LogP contribution in [-0.4, -0.2) is 42.9 Å². The monoisotopic (exact) mass is 377 g/mol. The SMILES string of the molecule is Cl.O=C(Nc1cccc(C(=O)N2CCCCC2)c1)C1CC12CCNCC2. The van der Waals surface area contributed by atoms with E-state index in [-0.39, 0.29) is 35.6 Å². The van der Waals surface area contributed by atoms with E-state index in [4.69, 9.17) is 0 Å². The molecular formula is C20H28ClN3O2. The molecule has 2 aliphatic heterocycles. The van der Waals surface area contributed by atoms with E-state index in [0.717, 1.165) is 64.0 Å². The molecule has 0 radical (unpaired) electrons. The molecule has 2 heterocycles. The van der Waals surface area contributed by atoms with E-state index < -0.39 is 0 Å². The Kier molecular flexibility index (Phi) is 5.88. The Balaban J connectivity index is 0.00000196. The van der Waals surface area contributed by atoms with Gasteiger partial charge in [0.1, 0.15) is 0 Å². The van der Waals surface area contributed by atoms with Gasteiger partial charge in [0.25, 0.3) is 5.91 Å². The molecule has 1 saturated carbocycles. The number of hydrogen-bond donors (Lipinski definition) is 2. The number of benzene rings is 1. The fourth-order valence-electron chi connectivity index (χ4n) is 4.43. The lowest BCUT2D eigenvalue weighted by Gasteiger charge is -2.26. The molecule has 2 amide bonds. The highest BCUT2D eigenvalue weighted by atomic mass is 35.5. The summed E-state index contributed by atoms with van der Waals surface area (Å²) in [6.45, 7) is 3.72. The van der Waals surface area contributed by atoms with Gasteiger partial charge in [0.15, 0.2) is 0 Å². The average Bonchev–Trinajstić information content (AvgIpc) is 3.35. The van der Waals surface area contributed by atoms with Crippen molar-refractivity contribution in [3.05, 3.63) is 29.8 Å². The van der Waals surface area contributed by atoms with Crippen LogP contribution in [0.2, 0.25) is 0 Å². The van der Waals surface area contributed by atoms with Crippen LogP contribution in [0.15, 0.2) is 24.3 Å². The van der Waals surface area contributed by atoms with Crippen molar-refractivity contribution in [3.63, 3.8) is 0 Å². The summed E-state index contributed by atoms with van der Waals surface area (Å²) >= 11 is 0. The van der Waals surface area contributed by atoms with E-state index in [0.29, 0.717) is 5.56 Å². The number of amides is 2. The fraction of sp³-hybridized carbons (Fsp3) is 0.600. The van der Waals surface area contributed by atoms with Crippen molar-refractivity contribution in [2.24, 2.45) is 11.3 Å². The first-order valence-electron chi connectivity index (χ1n) is 9.59. The first-order valence-corrected chi connectivity index (χ1v) is 9.59. The number of nitrogens with one attached hydrogen (secondary N) is 2. The first-order chi connectivity index (χ1) is 12.2. The van der Waals surface area contributed by atoms with Crippen molar-refractivity contribution >= 4 is 29.9 Å². The molecule has 2 saturated heterocycles. The van der Waals surface area contributed by atoms with E-state index in [1.54, 1.807) is 0 Å². The maximum atomic E-state index is 12.6. The summed E-state index contributed by atoms with van der Waals surface area (Å²) in [5.41, 5.74) is 1.65. The third-order valence-corrected chi connectivity index (χ3v) is 6.13. The van der Waals surface area contributed by atoms with Gasteiger partial charge in [-0.3, -0.25) is 9.59 Å². The van der Waals surface area contributed by atoms with Gasteiger partial charge in [0.2, 0.25) is 5.91 Å². The number of rotatable bonds is 3. The Labute approximate surface area is 161 Å². The summed E-state index contributed by atoms with van der Waals surface area (Å²) in [5, 5.41) is 6.41. The normalized spacial score (nSPS) is 23.8. The van der Waals surface area contributed by atoms with Crippen LogP contribution < -0.4 is 10.6 Å². The summed E-state index contributed by atoms with van der Waals surface area (Å²) in [5.74, 6) is 0.331. The molecule has 5 nitrogen and oxygen atoms in total. The molecule has 1 unspecified atom stereocenters. The van der Waals surface area contributed by atoms with Crippen LogP contribution in [-0.2, 0) is 4.79 Å². The minimum Gasteiger partial charge on any atom is -0.339 e. The predicted octanol–water partition coefficient (Wildman–Crippen LogP) is 3.06. The van der Waals surface area contributed by atoms with Crippen LogP contribution in [0, 0.1) is 11.3 Å². The van der Waals surface area contributed by atoms with Crippen LogP contribution in [0.4, 0.5) is 5.69 Å². The Morgan fingerprint density at radius 1 is 1.12 bits per heavy atom. The Morgan fingerprint density at radius 2 is 1.85 bits per heavy atom. The first kappa shape index (κ1) is 19.2. The highest BCUT2D eigenvalue weighted by Crippen LogP contribution is 2.58. The van der Waals surface area contributed by atoms with Gasteiger partial charge < -0.3 is 15.5 Å². The van der Waals surface area contributed by atoms with Crippen LogP contribution in [0.5, 0.6) is 0 Å². The average molecular weight is 378 g/mol. The summed E-state index contributed by atoms with van der Waals surface area (Å²) < 4.78 is 0. The molecule has 26 heavy (non-hydrogen) atoms. The summed E-state index contributed by atoms with van der Waals surface area (Å²) in [6.07, 6.45) is 6.57. The zero-order valence-electron chi connectivity index (χ0n) is 15.1. The van der Waals surface area contributed by atoms with E-state index in [9.17, 15) is 9.59 Å². The number of anilines is 1. The van der Waals surface area contributed by atoms with Crippen molar-refractivity contribution < 1.29 is 9.59 Å². The molecule has 1 aromatic rings. The van der Waals surface area contributed by atoms with E-state index in [1.165, 1.54) is 6.42 Å². The number of piperidine rings is 2. The number of halogens is 1. The minimum absolute atomic E-state index is 0. The van der Waals surface area contributed by atoms with Gasteiger partial charge in [0, 0.05) is 30.3 Å². The van der Waals surface area contributed by atoms with Crippen LogP contribution >= 0.6 is 12.4 Å². The van der Waals surface area contributed by atoms with E-state index >= 15 is 0 Å². The molecule has 1 aromatic carbocycles. The molecule has 2 N–H and O–H groups in total. The molecule has 1 aliphatic carbocycles. The second-order valence-corrected chi connectivity index (χ2v) is 7.79. The Bertz CT molecular complexity index is 667. The number of nitrogens with zero attached hydrogens (tertiary/aromatic N) is 1. The predicted molar refractivity (Wildman–Crippen MR) is 105 cm³/mol. The number of hydrogen-bond acceptors (Lipinski definition) is 3. The lowest BCUT2D eigenvalue weighted by Crippen LogP contribution is -2.35. The highest BCUT2D eigenvalue weighted by Gasteiger charge is 2.57. The topological polar surface area (TPSA) is 61.4 Å². The second-order valence-electron chi connectivity index (χ2n) is 7.79. The molecule has 142 valence electrons. The molecule has 1 atom stereocenters. The highest BCUT2D eigenvalue weighted by molar-refractivity contribution is 5.98. The molecule has 0 bridgehead atoms. The van der Waals surface area contributed by atoms with Crippen LogP contribution in [0.3, 0.4) is 0 Å². The lowest BCUT2D eigenvalue weighted by molar-refractivity contribution is -0.118. The summed E-state index contributed by atoms with van der Waals surface area (Å²) in [7, 11) is 0. The van der Waals surface area contributed by atoms with E-state index in [1.807, 2.05) is 29.2 Å². The zero-order chi connectivity index (χ0) is 17.3. The van der Waals surface area contributed by atoms with Crippen molar-refractivity contribution in [1.29, 1.82) is 0 Å². The lowest BCUT2D eigenvalue weighted by atomic mass is 9.92. The van der Waals surface area contributed by atoms with Crippen molar-refractivity contribution in [2.45, 2.75) is 38.5 Å². The maximum Gasteiger partial charge on any atom is 0.253 e. The molecule has 1 spiro atoms. The van der Waals surface area contributed by atoms with Gasteiger partial charge >= 0.3 is 0 Å². The van der Waals surface area contributed by atoms with Gasteiger partial charge in [-0.1, -0.05) is 6.07 Å². The summed E-state index contributed by atoms with van der Waals surface area (Å²) in [6, 6.07) is 7.41. The quantitative estimate of drug-likeness (QED) is 0.851. The maximum absolute atomic E-state index is 12.6. The third-order valence-electron chi connectivity index (χ3n) is 6.13. The minimum atomic E-state index is 0. The number of likely N-dealkylation sites (tertiary alicyclic amines) is 1. The molecule has 3 aliphatic rings. The molecule has 4 rings (SSSR count). The summed E-state index contributed by atoms with van der Waals surface area (Å²) in [4.78, 5) is 27.2. The van der Waals surface area contributed by atoms with Crippen molar-refractivity contribution in [1.82, 2.24) is 10.2 Å². The van der Waals surface area contributed by atoms with Gasteiger partial charge in [0.05, 0.1) is 0 Å². The van der Waals surface area contributed by atoms with Gasteiger partial charge in [-0.25, -0.2) is 0 Å². The fourth-order valence-corrected chi connectivity index (χ4v) is 4.43. The van der Waals surface area contributed by atoms with Gasteiger partial charge in [-0.15, -0.1) is 12.4 Å². The Hall–Kier alpha value is -1.59. The Morgan fingerprint density at radius 3 is 2.58 bits per heavy atom. The van der Waals surface area contributed by atoms with Crippen molar-refractivity contribution in [2.75, 3.05) is 31.5 Å². The smallest absolute Gasteiger partial charge is 0.253 e.